The number of carbonyl (C=O) groups excluding carboxylic acids is 1. The molecule has 3 aromatic carbocycles. The number of para-hydroxylation sites is 2. The molecule has 7 aromatic rings. The van der Waals surface area contributed by atoms with Gasteiger partial charge in [0.2, 0.25) is 0 Å². The minimum atomic E-state index is -0.352. The number of aromatic amines is 1. The van der Waals surface area contributed by atoms with E-state index in [4.69, 9.17) is 4.98 Å². The number of hydrogen-bond acceptors (Lipinski definition) is 4. The second-order valence-corrected chi connectivity index (χ2v) is 9.58. The molecule has 4 heterocycles. The monoisotopic (exact) mass is 519 g/mol. The predicted octanol–water partition coefficient (Wildman–Crippen LogP) is 7.25. The molecule has 0 aliphatic heterocycles. The van der Waals surface area contributed by atoms with Gasteiger partial charge < -0.3 is 9.55 Å². The molecule has 0 saturated carbocycles. The summed E-state index contributed by atoms with van der Waals surface area (Å²) < 4.78 is 15.8. The normalized spacial score (nSPS) is 11.0. The van der Waals surface area contributed by atoms with Crippen LogP contribution in [0.4, 0.5) is 9.52 Å². The van der Waals surface area contributed by atoms with E-state index in [0.29, 0.717) is 28.1 Å². The smallest absolute Gasteiger partial charge is 0.259 e. The molecule has 6 nitrogen and oxygen atoms in total. The maximum Gasteiger partial charge on any atom is 0.259 e. The summed E-state index contributed by atoms with van der Waals surface area (Å²) >= 11 is 1.34. The highest BCUT2D eigenvalue weighted by molar-refractivity contribution is 7.13. The molecule has 0 aliphatic carbocycles. The van der Waals surface area contributed by atoms with Crippen molar-refractivity contribution in [1.82, 2.24) is 19.5 Å². The standard InChI is InChI=1S/C22H15FN4OS.C8H7N/c23-15-6-8-17-18(21(28)26-22-24-9-10-29-22)13-27(20(17)11-15)12-16-7-5-14-3-1-2-4-19(14)25-16;1-2-4-8-7(3-1)5-6-9-8/h1-11,13H,12H2,(H,24,26,28);1-6,9H. The number of amides is 1. The number of anilines is 1. The third-order valence-electron chi connectivity index (χ3n) is 6.19. The Morgan fingerprint density at radius 1 is 0.974 bits per heavy atom. The lowest BCUT2D eigenvalue weighted by atomic mass is 10.1. The molecule has 186 valence electrons. The Kier molecular flexibility index (Phi) is 6.37. The zero-order valence-electron chi connectivity index (χ0n) is 20.1. The fraction of sp³-hybridized carbons (Fsp3) is 0.0333. The van der Waals surface area contributed by atoms with Crippen molar-refractivity contribution in [2.45, 2.75) is 6.54 Å². The zero-order chi connectivity index (χ0) is 25.9. The molecule has 8 heteroatoms. The van der Waals surface area contributed by atoms with Gasteiger partial charge in [0.05, 0.1) is 28.8 Å². The molecule has 0 atom stereocenters. The van der Waals surface area contributed by atoms with Crippen LogP contribution in [0.15, 0.2) is 109 Å². The molecule has 0 unspecified atom stereocenters. The number of nitrogens with zero attached hydrogens (tertiary/aromatic N) is 3. The third kappa shape index (κ3) is 4.89. The molecule has 0 fully saturated rings. The summed E-state index contributed by atoms with van der Waals surface area (Å²) in [5.74, 6) is -0.628. The molecule has 0 bridgehead atoms. The summed E-state index contributed by atoms with van der Waals surface area (Å²) in [6.07, 6.45) is 5.32. The largest absolute Gasteiger partial charge is 0.361 e. The van der Waals surface area contributed by atoms with Crippen LogP contribution in [0, 0.1) is 5.82 Å². The van der Waals surface area contributed by atoms with Crippen molar-refractivity contribution in [2.75, 3.05) is 5.32 Å². The van der Waals surface area contributed by atoms with E-state index in [2.05, 4.69) is 33.5 Å². The van der Waals surface area contributed by atoms with Gasteiger partial charge in [0, 0.05) is 40.3 Å². The minimum Gasteiger partial charge on any atom is -0.361 e. The first-order chi connectivity index (χ1) is 18.6. The molecule has 0 radical (unpaired) electrons. The van der Waals surface area contributed by atoms with Crippen LogP contribution in [-0.4, -0.2) is 25.4 Å². The quantitative estimate of drug-likeness (QED) is 0.257. The van der Waals surface area contributed by atoms with Crippen LogP contribution in [0.5, 0.6) is 0 Å². The van der Waals surface area contributed by atoms with E-state index in [1.165, 1.54) is 34.4 Å². The van der Waals surface area contributed by atoms with Crippen LogP contribution in [-0.2, 0) is 6.54 Å². The van der Waals surface area contributed by atoms with E-state index in [1.807, 2.05) is 59.3 Å². The number of halogens is 1. The van der Waals surface area contributed by atoms with Crippen LogP contribution < -0.4 is 5.32 Å². The van der Waals surface area contributed by atoms with Crippen molar-refractivity contribution in [3.63, 3.8) is 0 Å². The number of fused-ring (bicyclic) bond motifs is 3. The van der Waals surface area contributed by atoms with Gasteiger partial charge in [0.15, 0.2) is 5.13 Å². The summed E-state index contributed by atoms with van der Waals surface area (Å²) in [6, 6.07) is 26.6. The average molecular weight is 520 g/mol. The number of pyridine rings is 1. The highest BCUT2D eigenvalue weighted by atomic mass is 32.1. The number of aromatic nitrogens is 4. The highest BCUT2D eigenvalue weighted by Gasteiger charge is 2.17. The van der Waals surface area contributed by atoms with Crippen molar-refractivity contribution < 1.29 is 9.18 Å². The molecule has 0 spiro atoms. The summed E-state index contributed by atoms with van der Waals surface area (Å²) in [4.78, 5) is 24.7. The zero-order valence-corrected chi connectivity index (χ0v) is 21.0. The Morgan fingerprint density at radius 3 is 2.66 bits per heavy atom. The Hall–Kier alpha value is -4.82. The molecule has 7 rings (SSSR count). The fourth-order valence-corrected chi connectivity index (χ4v) is 4.92. The van der Waals surface area contributed by atoms with Gasteiger partial charge in [-0.2, -0.15) is 0 Å². The number of rotatable bonds is 4. The molecule has 0 aliphatic rings. The van der Waals surface area contributed by atoms with Crippen molar-refractivity contribution in [2.24, 2.45) is 0 Å². The van der Waals surface area contributed by atoms with Crippen molar-refractivity contribution >= 4 is 55.1 Å². The minimum absolute atomic E-state index is 0.276. The van der Waals surface area contributed by atoms with E-state index < -0.39 is 0 Å². The van der Waals surface area contributed by atoms with Crippen LogP contribution in [0.1, 0.15) is 16.1 Å². The van der Waals surface area contributed by atoms with Gasteiger partial charge in [-0.3, -0.25) is 15.1 Å². The molecular formula is C30H22FN5OS. The van der Waals surface area contributed by atoms with Crippen LogP contribution in [0.25, 0.3) is 32.7 Å². The maximum absolute atomic E-state index is 13.9. The Morgan fingerprint density at radius 2 is 1.82 bits per heavy atom. The van der Waals surface area contributed by atoms with E-state index in [1.54, 1.807) is 23.8 Å². The molecule has 4 aromatic heterocycles. The second kappa shape index (κ2) is 10.3. The van der Waals surface area contributed by atoms with Gasteiger partial charge in [-0.25, -0.2) is 9.37 Å². The summed E-state index contributed by atoms with van der Waals surface area (Å²) in [5.41, 5.74) is 4.05. The third-order valence-corrected chi connectivity index (χ3v) is 6.88. The van der Waals surface area contributed by atoms with Gasteiger partial charge in [0.1, 0.15) is 5.82 Å². The number of H-pyrrole nitrogens is 1. The number of hydrogen-bond donors (Lipinski definition) is 2. The topological polar surface area (TPSA) is 75.6 Å². The van der Waals surface area contributed by atoms with Gasteiger partial charge >= 0.3 is 0 Å². The van der Waals surface area contributed by atoms with E-state index >= 15 is 0 Å². The van der Waals surface area contributed by atoms with Crippen molar-refractivity contribution in [3.05, 3.63) is 126 Å². The molecule has 1 amide bonds. The Labute approximate surface area is 221 Å². The first-order valence-electron chi connectivity index (χ1n) is 12.0. The van der Waals surface area contributed by atoms with Crippen molar-refractivity contribution in [3.8, 4) is 0 Å². The Bertz CT molecular complexity index is 1840. The Balaban J connectivity index is 0.000000246. The number of nitrogens with one attached hydrogen (secondary N) is 2. The van der Waals surface area contributed by atoms with E-state index in [0.717, 1.165) is 16.6 Å². The van der Waals surface area contributed by atoms with E-state index in [-0.39, 0.29) is 11.7 Å². The van der Waals surface area contributed by atoms with Crippen LogP contribution in [0.3, 0.4) is 0 Å². The molecule has 38 heavy (non-hydrogen) atoms. The lowest BCUT2D eigenvalue weighted by Crippen LogP contribution is -2.11. The van der Waals surface area contributed by atoms with Crippen LogP contribution >= 0.6 is 11.3 Å². The van der Waals surface area contributed by atoms with Gasteiger partial charge in [-0.05, 0) is 47.9 Å². The number of benzene rings is 3. The second-order valence-electron chi connectivity index (χ2n) is 8.68. The summed E-state index contributed by atoms with van der Waals surface area (Å²) in [5, 5.41) is 8.12. The van der Waals surface area contributed by atoms with Gasteiger partial charge in [0.25, 0.3) is 5.91 Å². The summed E-state index contributed by atoms with van der Waals surface area (Å²) in [7, 11) is 0. The lowest BCUT2D eigenvalue weighted by Gasteiger charge is -2.06. The van der Waals surface area contributed by atoms with Crippen molar-refractivity contribution in [1.29, 1.82) is 0 Å². The van der Waals surface area contributed by atoms with E-state index in [9.17, 15) is 9.18 Å². The number of carbonyl (C=O) groups is 1. The average Bonchev–Trinajstić information content (AvgIpc) is 3.70. The molecule has 2 N–H and O–H groups in total. The maximum atomic E-state index is 13.9. The number of thiazole rings is 1. The highest BCUT2D eigenvalue weighted by Crippen LogP contribution is 2.25. The first-order valence-corrected chi connectivity index (χ1v) is 12.9. The van der Waals surface area contributed by atoms with Gasteiger partial charge in [-0.1, -0.05) is 42.5 Å². The summed E-state index contributed by atoms with van der Waals surface area (Å²) in [6.45, 7) is 0.426. The van der Waals surface area contributed by atoms with Gasteiger partial charge in [-0.15, -0.1) is 11.3 Å². The molecular weight excluding hydrogens is 497 g/mol. The lowest BCUT2D eigenvalue weighted by molar-refractivity contribution is 0.102. The SMILES string of the molecule is O=C(Nc1nccs1)c1cn(Cc2ccc3ccccc3n2)c2cc(F)ccc12.c1ccc2[nH]ccc2c1. The first kappa shape index (κ1) is 23.6. The fourth-order valence-electron chi connectivity index (χ4n) is 4.39. The molecule has 0 saturated heterocycles. The predicted molar refractivity (Wildman–Crippen MR) is 151 cm³/mol. The van der Waals surface area contributed by atoms with Crippen LogP contribution in [0.2, 0.25) is 0 Å².